The Balaban J connectivity index is 2.21. The van der Waals surface area contributed by atoms with E-state index in [1.807, 2.05) is 0 Å². The van der Waals surface area contributed by atoms with Crippen LogP contribution in [-0.2, 0) is 4.79 Å². The lowest BCUT2D eigenvalue weighted by Gasteiger charge is -2.34. The summed E-state index contributed by atoms with van der Waals surface area (Å²) in [6.07, 6.45) is 5.04. The average molecular weight is 256 g/mol. The van der Waals surface area contributed by atoms with E-state index in [1.54, 1.807) is 0 Å². The zero-order valence-electron chi connectivity index (χ0n) is 11.8. The van der Waals surface area contributed by atoms with Gasteiger partial charge in [-0.25, -0.2) is 0 Å². The third kappa shape index (κ3) is 6.36. The van der Waals surface area contributed by atoms with Gasteiger partial charge in [0.15, 0.2) is 0 Å². The summed E-state index contributed by atoms with van der Waals surface area (Å²) >= 11 is 0. The number of piperidine rings is 1. The Kier molecular flexibility index (Phi) is 7.28. The molecule has 0 saturated carbocycles. The molecule has 2 unspecified atom stereocenters. The highest BCUT2D eigenvalue weighted by atomic mass is 16.4. The molecule has 0 spiro atoms. The molecular weight excluding hydrogens is 228 g/mol. The highest BCUT2D eigenvalue weighted by Crippen LogP contribution is 2.18. The van der Waals surface area contributed by atoms with Crippen LogP contribution >= 0.6 is 0 Å². The number of nitrogens with one attached hydrogen (secondary N) is 1. The van der Waals surface area contributed by atoms with E-state index in [2.05, 4.69) is 24.1 Å². The standard InChI is InChI=1S/C14H28N2O2/c1-3-5-12(2)10-16-7-4-6-13(11-16)8-15-9-14(17)18/h12-13,15H,3-11H2,1-2H3,(H,17,18). The van der Waals surface area contributed by atoms with Crippen LogP contribution in [0.15, 0.2) is 0 Å². The van der Waals surface area contributed by atoms with Gasteiger partial charge in [-0.3, -0.25) is 4.79 Å². The van der Waals surface area contributed by atoms with Crippen molar-refractivity contribution in [2.24, 2.45) is 11.8 Å². The fourth-order valence-electron chi connectivity index (χ4n) is 2.89. The van der Waals surface area contributed by atoms with Crippen molar-refractivity contribution in [2.45, 2.75) is 39.5 Å². The van der Waals surface area contributed by atoms with Crippen LogP contribution in [0.2, 0.25) is 0 Å². The van der Waals surface area contributed by atoms with E-state index >= 15 is 0 Å². The fraction of sp³-hybridized carbons (Fsp3) is 0.929. The topological polar surface area (TPSA) is 52.6 Å². The van der Waals surface area contributed by atoms with Crippen LogP contribution in [0, 0.1) is 11.8 Å². The Labute approximate surface area is 111 Å². The molecule has 0 aromatic heterocycles. The van der Waals surface area contributed by atoms with E-state index in [0.29, 0.717) is 5.92 Å². The van der Waals surface area contributed by atoms with Crippen molar-refractivity contribution in [3.05, 3.63) is 0 Å². The second-order valence-corrected chi connectivity index (χ2v) is 5.69. The smallest absolute Gasteiger partial charge is 0.317 e. The zero-order chi connectivity index (χ0) is 13.4. The van der Waals surface area contributed by atoms with Gasteiger partial charge < -0.3 is 15.3 Å². The fourth-order valence-corrected chi connectivity index (χ4v) is 2.89. The molecule has 0 radical (unpaired) electrons. The van der Waals surface area contributed by atoms with E-state index in [4.69, 9.17) is 5.11 Å². The predicted molar refractivity (Wildman–Crippen MR) is 73.7 cm³/mol. The van der Waals surface area contributed by atoms with Crippen LogP contribution in [0.1, 0.15) is 39.5 Å². The molecule has 4 nitrogen and oxygen atoms in total. The maximum absolute atomic E-state index is 10.4. The molecule has 2 N–H and O–H groups in total. The Hall–Kier alpha value is -0.610. The first-order valence-corrected chi connectivity index (χ1v) is 7.26. The maximum atomic E-state index is 10.4. The van der Waals surface area contributed by atoms with E-state index < -0.39 is 5.97 Å². The van der Waals surface area contributed by atoms with Gasteiger partial charge in [-0.2, -0.15) is 0 Å². The van der Waals surface area contributed by atoms with Crippen molar-refractivity contribution in [3.63, 3.8) is 0 Å². The van der Waals surface area contributed by atoms with Crippen molar-refractivity contribution in [1.82, 2.24) is 10.2 Å². The van der Waals surface area contributed by atoms with Crippen molar-refractivity contribution < 1.29 is 9.90 Å². The zero-order valence-corrected chi connectivity index (χ0v) is 11.8. The first-order chi connectivity index (χ1) is 8.61. The van der Waals surface area contributed by atoms with Crippen LogP contribution in [0.25, 0.3) is 0 Å². The van der Waals surface area contributed by atoms with Gasteiger partial charge in [0, 0.05) is 13.1 Å². The molecule has 0 aliphatic carbocycles. The maximum Gasteiger partial charge on any atom is 0.317 e. The molecule has 1 heterocycles. The molecular formula is C14H28N2O2. The van der Waals surface area contributed by atoms with Gasteiger partial charge in [-0.05, 0) is 44.2 Å². The molecule has 0 amide bonds. The second kappa shape index (κ2) is 8.48. The Morgan fingerprint density at radius 2 is 2.33 bits per heavy atom. The highest BCUT2D eigenvalue weighted by Gasteiger charge is 2.20. The van der Waals surface area contributed by atoms with Gasteiger partial charge in [0.25, 0.3) is 0 Å². The Morgan fingerprint density at radius 1 is 1.56 bits per heavy atom. The first-order valence-electron chi connectivity index (χ1n) is 7.26. The molecule has 18 heavy (non-hydrogen) atoms. The van der Waals surface area contributed by atoms with Crippen molar-refractivity contribution in [2.75, 3.05) is 32.7 Å². The van der Waals surface area contributed by atoms with Gasteiger partial charge in [-0.1, -0.05) is 20.3 Å². The molecule has 1 rings (SSSR count). The van der Waals surface area contributed by atoms with E-state index in [0.717, 1.165) is 19.0 Å². The molecule has 4 heteroatoms. The van der Waals surface area contributed by atoms with Gasteiger partial charge in [0.1, 0.15) is 0 Å². The lowest BCUT2D eigenvalue weighted by molar-refractivity contribution is -0.136. The third-order valence-corrected chi connectivity index (χ3v) is 3.66. The summed E-state index contributed by atoms with van der Waals surface area (Å²) in [5, 5.41) is 11.6. The van der Waals surface area contributed by atoms with Gasteiger partial charge in [0.05, 0.1) is 6.54 Å². The van der Waals surface area contributed by atoms with Crippen LogP contribution in [-0.4, -0.2) is 48.7 Å². The molecule has 1 aliphatic rings. The number of hydrogen-bond acceptors (Lipinski definition) is 3. The van der Waals surface area contributed by atoms with Crippen LogP contribution in [0.4, 0.5) is 0 Å². The molecule has 106 valence electrons. The molecule has 0 aromatic rings. The van der Waals surface area contributed by atoms with E-state index in [1.165, 1.54) is 38.8 Å². The predicted octanol–water partition coefficient (Wildman–Crippen LogP) is 1.81. The second-order valence-electron chi connectivity index (χ2n) is 5.69. The summed E-state index contributed by atoms with van der Waals surface area (Å²) in [6.45, 7) is 9.03. The quantitative estimate of drug-likeness (QED) is 0.695. The average Bonchev–Trinajstić information content (AvgIpc) is 2.29. The van der Waals surface area contributed by atoms with Crippen molar-refractivity contribution in [1.29, 1.82) is 0 Å². The number of carboxylic acids is 1. The van der Waals surface area contributed by atoms with Gasteiger partial charge >= 0.3 is 5.97 Å². The number of nitrogens with zero attached hydrogens (tertiary/aromatic N) is 1. The molecule has 0 bridgehead atoms. The third-order valence-electron chi connectivity index (χ3n) is 3.66. The van der Waals surface area contributed by atoms with Crippen LogP contribution in [0.5, 0.6) is 0 Å². The lowest BCUT2D eigenvalue weighted by atomic mass is 9.96. The van der Waals surface area contributed by atoms with Crippen molar-refractivity contribution in [3.8, 4) is 0 Å². The summed E-state index contributed by atoms with van der Waals surface area (Å²) in [4.78, 5) is 13.0. The van der Waals surface area contributed by atoms with Gasteiger partial charge in [0.2, 0.25) is 0 Å². The normalized spacial score (nSPS) is 22.9. The first kappa shape index (κ1) is 15.4. The minimum absolute atomic E-state index is 0.0860. The minimum Gasteiger partial charge on any atom is -0.480 e. The summed E-state index contributed by atoms with van der Waals surface area (Å²) < 4.78 is 0. The molecule has 2 atom stereocenters. The number of carbonyl (C=O) groups is 1. The largest absolute Gasteiger partial charge is 0.480 e. The van der Waals surface area contributed by atoms with Crippen LogP contribution < -0.4 is 5.32 Å². The molecule has 1 aliphatic heterocycles. The Bertz CT molecular complexity index is 246. The SMILES string of the molecule is CCCC(C)CN1CCCC(CNCC(=O)O)C1. The number of carboxylic acid groups (broad SMARTS) is 1. The van der Waals surface area contributed by atoms with Crippen molar-refractivity contribution >= 4 is 5.97 Å². The summed E-state index contributed by atoms with van der Waals surface area (Å²) in [5.74, 6) is 0.631. The Morgan fingerprint density at radius 3 is 3.00 bits per heavy atom. The van der Waals surface area contributed by atoms with E-state index in [-0.39, 0.29) is 6.54 Å². The molecule has 0 aromatic carbocycles. The van der Waals surface area contributed by atoms with Crippen LogP contribution in [0.3, 0.4) is 0 Å². The number of likely N-dealkylation sites (tertiary alicyclic amines) is 1. The molecule has 1 fully saturated rings. The minimum atomic E-state index is -0.765. The summed E-state index contributed by atoms with van der Waals surface area (Å²) in [5.41, 5.74) is 0. The summed E-state index contributed by atoms with van der Waals surface area (Å²) in [6, 6.07) is 0. The lowest BCUT2D eigenvalue weighted by Crippen LogP contribution is -2.42. The summed E-state index contributed by atoms with van der Waals surface area (Å²) in [7, 11) is 0. The van der Waals surface area contributed by atoms with E-state index in [9.17, 15) is 4.79 Å². The number of rotatable bonds is 8. The number of aliphatic carboxylic acids is 1. The number of hydrogen-bond donors (Lipinski definition) is 2. The molecule has 1 saturated heterocycles. The van der Waals surface area contributed by atoms with Gasteiger partial charge in [-0.15, -0.1) is 0 Å². The highest BCUT2D eigenvalue weighted by molar-refractivity contribution is 5.68. The monoisotopic (exact) mass is 256 g/mol.